The van der Waals surface area contributed by atoms with Crippen LogP contribution in [0.15, 0.2) is 23.3 Å². The maximum Gasteiger partial charge on any atom is 0.191 e. The molecule has 1 aliphatic carbocycles. The molecule has 26 heavy (non-hydrogen) atoms. The Bertz CT molecular complexity index is 567. The van der Waals surface area contributed by atoms with Crippen LogP contribution in [0.25, 0.3) is 0 Å². The lowest BCUT2D eigenvalue weighted by atomic mass is 10.2. The van der Waals surface area contributed by atoms with Gasteiger partial charge in [0, 0.05) is 45.6 Å². The van der Waals surface area contributed by atoms with Gasteiger partial charge in [-0.15, -0.1) is 0 Å². The summed E-state index contributed by atoms with van der Waals surface area (Å²) in [6, 6.07) is 4.22. The van der Waals surface area contributed by atoms with Gasteiger partial charge in [0.25, 0.3) is 0 Å². The molecule has 1 aromatic rings. The van der Waals surface area contributed by atoms with Gasteiger partial charge in [-0.3, -0.25) is 0 Å². The first kappa shape index (κ1) is 19.0. The molecule has 1 saturated carbocycles. The van der Waals surface area contributed by atoms with Crippen molar-refractivity contribution in [2.75, 3.05) is 44.3 Å². The average Bonchev–Trinajstić information content (AvgIpc) is 3.32. The van der Waals surface area contributed by atoms with Crippen molar-refractivity contribution in [3.05, 3.63) is 23.9 Å². The molecule has 1 aromatic heterocycles. The Hall–Kier alpha value is -1.82. The van der Waals surface area contributed by atoms with E-state index in [4.69, 9.17) is 9.73 Å². The fraction of sp³-hybridized carbons (Fsp3) is 0.700. The van der Waals surface area contributed by atoms with Gasteiger partial charge in [-0.2, -0.15) is 0 Å². The third kappa shape index (κ3) is 6.48. The summed E-state index contributed by atoms with van der Waals surface area (Å²) in [5.74, 6) is 2.79. The Morgan fingerprint density at radius 3 is 2.92 bits per heavy atom. The monoisotopic (exact) mass is 359 g/mol. The Balaban J connectivity index is 1.42. The molecule has 2 N–H and O–H groups in total. The van der Waals surface area contributed by atoms with E-state index >= 15 is 0 Å². The summed E-state index contributed by atoms with van der Waals surface area (Å²) in [4.78, 5) is 11.6. The van der Waals surface area contributed by atoms with Gasteiger partial charge in [0.05, 0.1) is 6.54 Å². The first-order valence-electron chi connectivity index (χ1n) is 10.1. The van der Waals surface area contributed by atoms with Crippen molar-refractivity contribution in [3.8, 4) is 0 Å². The van der Waals surface area contributed by atoms with E-state index in [9.17, 15) is 0 Å². The van der Waals surface area contributed by atoms with Gasteiger partial charge in [-0.1, -0.05) is 0 Å². The average molecular weight is 360 g/mol. The van der Waals surface area contributed by atoms with E-state index in [2.05, 4.69) is 39.6 Å². The van der Waals surface area contributed by atoms with Crippen LogP contribution in [0.3, 0.4) is 0 Å². The predicted molar refractivity (Wildman–Crippen MR) is 107 cm³/mol. The van der Waals surface area contributed by atoms with Gasteiger partial charge in [-0.05, 0) is 62.6 Å². The highest BCUT2D eigenvalue weighted by Gasteiger charge is 2.20. The first-order valence-corrected chi connectivity index (χ1v) is 10.1. The molecule has 1 saturated heterocycles. The van der Waals surface area contributed by atoms with Gasteiger partial charge >= 0.3 is 0 Å². The molecular formula is C20H33N5O. The molecule has 1 aliphatic heterocycles. The van der Waals surface area contributed by atoms with Crippen molar-refractivity contribution in [2.24, 2.45) is 10.9 Å². The summed E-state index contributed by atoms with van der Waals surface area (Å²) in [5.41, 5.74) is 1.20. The molecule has 0 radical (unpaired) electrons. The molecule has 0 bridgehead atoms. The number of rotatable bonds is 10. The number of pyridine rings is 1. The number of aliphatic imine (C=N–C) groups is 1. The van der Waals surface area contributed by atoms with Gasteiger partial charge in [-0.25, -0.2) is 9.98 Å². The minimum Gasteiger partial charge on any atom is -0.381 e. The van der Waals surface area contributed by atoms with E-state index in [1.165, 1.54) is 31.2 Å². The summed E-state index contributed by atoms with van der Waals surface area (Å²) in [7, 11) is 0. The Morgan fingerprint density at radius 2 is 2.15 bits per heavy atom. The van der Waals surface area contributed by atoms with Crippen LogP contribution in [0.5, 0.6) is 0 Å². The van der Waals surface area contributed by atoms with Crippen molar-refractivity contribution < 1.29 is 4.74 Å². The molecule has 0 aromatic carbocycles. The van der Waals surface area contributed by atoms with Crippen LogP contribution in [0.2, 0.25) is 0 Å². The number of nitrogens with one attached hydrogen (secondary N) is 2. The zero-order chi connectivity index (χ0) is 18.0. The molecule has 2 fully saturated rings. The normalized spacial score (nSPS) is 17.6. The number of aromatic nitrogens is 1. The molecule has 6 nitrogen and oxygen atoms in total. The Kier molecular flexibility index (Phi) is 7.55. The standard InChI is InChI=1S/C20H33N5O/c1-2-21-20(23-9-5-13-26-16-17-6-7-17)24-15-18-8-10-22-19(14-18)25-11-3-4-12-25/h8,10,14,17H,2-7,9,11-13,15-16H2,1H3,(H2,21,23,24). The number of nitrogens with zero attached hydrogens (tertiary/aromatic N) is 3. The zero-order valence-corrected chi connectivity index (χ0v) is 16.0. The summed E-state index contributed by atoms with van der Waals surface area (Å²) >= 11 is 0. The van der Waals surface area contributed by atoms with E-state index in [0.717, 1.165) is 63.5 Å². The number of anilines is 1. The van der Waals surface area contributed by atoms with Crippen LogP contribution < -0.4 is 15.5 Å². The number of guanidine groups is 1. The summed E-state index contributed by atoms with van der Waals surface area (Å²) in [6.07, 6.45) is 8.14. The third-order valence-corrected chi connectivity index (χ3v) is 4.81. The summed E-state index contributed by atoms with van der Waals surface area (Å²) < 4.78 is 5.68. The first-order chi connectivity index (χ1) is 12.8. The van der Waals surface area contributed by atoms with Crippen LogP contribution in [0.1, 0.15) is 44.6 Å². The second-order valence-electron chi connectivity index (χ2n) is 7.21. The fourth-order valence-electron chi connectivity index (χ4n) is 3.11. The van der Waals surface area contributed by atoms with Crippen LogP contribution >= 0.6 is 0 Å². The van der Waals surface area contributed by atoms with E-state index in [0.29, 0.717) is 6.54 Å². The van der Waals surface area contributed by atoms with Crippen molar-refractivity contribution in [1.29, 1.82) is 0 Å². The van der Waals surface area contributed by atoms with Gasteiger partial charge in [0.1, 0.15) is 5.82 Å². The van der Waals surface area contributed by atoms with Crippen LogP contribution in [0, 0.1) is 5.92 Å². The molecule has 0 amide bonds. The van der Waals surface area contributed by atoms with Crippen molar-refractivity contribution >= 4 is 11.8 Å². The topological polar surface area (TPSA) is 61.8 Å². The van der Waals surface area contributed by atoms with Gasteiger partial charge < -0.3 is 20.3 Å². The van der Waals surface area contributed by atoms with Gasteiger partial charge in [0.15, 0.2) is 5.96 Å². The smallest absolute Gasteiger partial charge is 0.191 e. The van der Waals surface area contributed by atoms with Gasteiger partial charge in [0.2, 0.25) is 0 Å². The van der Waals surface area contributed by atoms with Crippen molar-refractivity contribution in [2.45, 2.75) is 45.6 Å². The SMILES string of the molecule is CCNC(=NCc1ccnc(N2CCCC2)c1)NCCCOCC1CC1. The highest BCUT2D eigenvalue weighted by molar-refractivity contribution is 5.79. The van der Waals surface area contributed by atoms with E-state index < -0.39 is 0 Å². The summed E-state index contributed by atoms with van der Waals surface area (Å²) in [6.45, 7) is 8.50. The number of hydrogen-bond donors (Lipinski definition) is 2. The van der Waals surface area contributed by atoms with Crippen LogP contribution in [-0.4, -0.2) is 50.3 Å². The summed E-state index contributed by atoms with van der Waals surface area (Å²) in [5, 5.41) is 6.71. The lowest BCUT2D eigenvalue weighted by Gasteiger charge is -2.16. The Labute approximate surface area is 157 Å². The minimum atomic E-state index is 0.664. The van der Waals surface area contributed by atoms with Crippen molar-refractivity contribution in [1.82, 2.24) is 15.6 Å². The zero-order valence-electron chi connectivity index (χ0n) is 16.0. The predicted octanol–water partition coefficient (Wildman–Crippen LogP) is 2.55. The molecule has 2 aliphatic rings. The highest BCUT2D eigenvalue weighted by atomic mass is 16.5. The largest absolute Gasteiger partial charge is 0.381 e. The molecule has 6 heteroatoms. The Morgan fingerprint density at radius 1 is 1.31 bits per heavy atom. The lowest BCUT2D eigenvalue weighted by Crippen LogP contribution is -2.38. The number of ether oxygens (including phenoxy) is 1. The van der Waals surface area contributed by atoms with E-state index in [-0.39, 0.29) is 0 Å². The van der Waals surface area contributed by atoms with E-state index in [1.54, 1.807) is 0 Å². The lowest BCUT2D eigenvalue weighted by molar-refractivity contribution is 0.123. The second kappa shape index (κ2) is 10.4. The van der Waals surface area contributed by atoms with Crippen LogP contribution in [0.4, 0.5) is 5.82 Å². The van der Waals surface area contributed by atoms with E-state index in [1.807, 2.05) is 6.20 Å². The molecule has 2 heterocycles. The molecule has 0 spiro atoms. The molecular weight excluding hydrogens is 326 g/mol. The molecule has 3 rings (SSSR count). The minimum absolute atomic E-state index is 0.664. The molecule has 144 valence electrons. The fourth-order valence-corrected chi connectivity index (χ4v) is 3.11. The number of hydrogen-bond acceptors (Lipinski definition) is 4. The quantitative estimate of drug-likeness (QED) is 0.382. The molecule has 0 unspecified atom stereocenters. The highest BCUT2D eigenvalue weighted by Crippen LogP contribution is 2.28. The maximum absolute atomic E-state index is 5.68. The van der Waals surface area contributed by atoms with Crippen LogP contribution in [-0.2, 0) is 11.3 Å². The molecule has 0 atom stereocenters. The maximum atomic E-state index is 5.68. The van der Waals surface area contributed by atoms with Crippen molar-refractivity contribution in [3.63, 3.8) is 0 Å². The second-order valence-corrected chi connectivity index (χ2v) is 7.21. The third-order valence-electron chi connectivity index (χ3n) is 4.81.